The molecule has 1 heterocycles. The van der Waals surface area contributed by atoms with Crippen molar-refractivity contribution in [3.05, 3.63) is 29.3 Å². The number of carbonyl (C=O) groups is 1. The maximum atomic E-state index is 12.5. The standard InChI is InChI=1S/C23H34BI2NO5S2/c1-15-9-8-10-16(19(15)29-20(28)30-21(2,3)4)13-18(27(33-25)34-26)24-31-17-11-12-22(5,6)14-23(17,7)32-24/h8-10,17-18H,11-14H2,1-7H3. The van der Waals surface area contributed by atoms with Crippen LogP contribution >= 0.6 is 60.6 Å². The predicted molar refractivity (Wildman–Crippen MR) is 158 cm³/mol. The summed E-state index contributed by atoms with van der Waals surface area (Å²) >= 11 is 4.59. The molecule has 6 nitrogen and oxygen atoms in total. The minimum Gasteiger partial charge on any atom is -0.428 e. The Labute approximate surface area is 237 Å². The summed E-state index contributed by atoms with van der Waals surface area (Å²) in [5.74, 6) is 0.457. The van der Waals surface area contributed by atoms with Crippen molar-refractivity contribution in [2.45, 2.75) is 97.4 Å². The molecule has 0 spiro atoms. The normalized spacial score (nSPS) is 25.2. The van der Waals surface area contributed by atoms with Gasteiger partial charge in [0, 0.05) is 60.6 Å². The number of nitrogens with zero attached hydrogens (tertiary/aromatic N) is 1. The van der Waals surface area contributed by atoms with E-state index < -0.39 is 11.8 Å². The third-order valence-electron chi connectivity index (χ3n) is 6.30. The molecule has 34 heavy (non-hydrogen) atoms. The molecule has 3 rings (SSSR count). The minimum absolute atomic E-state index is 0.0860. The highest BCUT2D eigenvalue weighted by Gasteiger charge is 2.56. The highest BCUT2D eigenvalue weighted by molar-refractivity contribution is 14.2. The Morgan fingerprint density at radius 3 is 2.59 bits per heavy atom. The summed E-state index contributed by atoms with van der Waals surface area (Å²) in [6.45, 7) is 14.2. The van der Waals surface area contributed by atoms with Gasteiger partial charge >= 0.3 is 13.3 Å². The molecular weight excluding hydrogens is 699 g/mol. The van der Waals surface area contributed by atoms with Gasteiger partial charge in [0.2, 0.25) is 0 Å². The van der Waals surface area contributed by atoms with E-state index in [0.717, 1.165) is 30.4 Å². The zero-order valence-corrected chi connectivity index (χ0v) is 26.8. The van der Waals surface area contributed by atoms with Gasteiger partial charge in [-0.25, -0.2) is 4.79 Å². The van der Waals surface area contributed by atoms with E-state index in [2.05, 4.69) is 66.9 Å². The molecule has 1 saturated heterocycles. The summed E-state index contributed by atoms with van der Waals surface area (Å²) in [6, 6.07) is 5.93. The van der Waals surface area contributed by atoms with E-state index in [4.69, 9.17) is 18.8 Å². The van der Waals surface area contributed by atoms with Gasteiger partial charge in [-0.3, -0.25) is 0 Å². The monoisotopic (exact) mass is 733 g/mol. The lowest BCUT2D eigenvalue weighted by Crippen LogP contribution is -2.46. The Balaban J connectivity index is 1.87. The summed E-state index contributed by atoms with van der Waals surface area (Å²) in [5, 5.41) is 0. The van der Waals surface area contributed by atoms with Crippen LogP contribution in [0.4, 0.5) is 4.79 Å². The van der Waals surface area contributed by atoms with Crippen LogP contribution in [0.2, 0.25) is 0 Å². The lowest BCUT2D eigenvalue weighted by molar-refractivity contribution is -0.0299. The first-order valence-corrected chi connectivity index (χ1v) is 18.1. The second-order valence-corrected chi connectivity index (χ2v) is 14.8. The zero-order chi connectivity index (χ0) is 25.3. The number of carbonyl (C=O) groups excluding carboxylic acids is 1. The van der Waals surface area contributed by atoms with E-state index in [-0.39, 0.29) is 30.2 Å². The molecule has 1 aromatic carbocycles. The highest BCUT2D eigenvalue weighted by atomic mass is 127. The van der Waals surface area contributed by atoms with Crippen molar-refractivity contribution in [3.63, 3.8) is 0 Å². The molecule has 0 radical (unpaired) electrons. The van der Waals surface area contributed by atoms with Gasteiger partial charge < -0.3 is 18.8 Å². The van der Waals surface area contributed by atoms with Crippen LogP contribution in [0.5, 0.6) is 5.75 Å². The van der Waals surface area contributed by atoms with Crippen molar-refractivity contribution in [2.24, 2.45) is 5.41 Å². The van der Waals surface area contributed by atoms with E-state index in [0.29, 0.717) is 12.2 Å². The van der Waals surface area contributed by atoms with Gasteiger partial charge in [0.15, 0.2) is 0 Å². The Morgan fingerprint density at radius 2 is 1.97 bits per heavy atom. The Kier molecular flexibility index (Phi) is 9.90. The first kappa shape index (κ1) is 29.2. The summed E-state index contributed by atoms with van der Waals surface area (Å²) in [4.78, 5) is 12.5. The van der Waals surface area contributed by atoms with E-state index in [9.17, 15) is 4.79 Å². The van der Waals surface area contributed by atoms with Gasteiger partial charge in [-0.05, 0) is 76.8 Å². The molecule has 2 fully saturated rings. The fraction of sp³-hybridized carbons (Fsp3) is 0.696. The molecule has 1 aromatic rings. The molecule has 11 heteroatoms. The number of rotatable bonds is 7. The Hall–Kier alpha value is 0.595. The number of halogens is 2. The van der Waals surface area contributed by atoms with Crippen LogP contribution in [0.3, 0.4) is 0 Å². The maximum absolute atomic E-state index is 12.5. The molecular formula is C23H34BI2NO5S2. The lowest BCUT2D eigenvalue weighted by atomic mass is 9.69. The fourth-order valence-electron chi connectivity index (χ4n) is 4.92. The predicted octanol–water partition coefficient (Wildman–Crippen LogP) is 7.93. The van der Waals surface area contributed by atoms with Crippen molar-refractivity contribution < 1.29 is 23.6 Å². The SMILES string of the molecule is Cc1cccc(CC(B2OC3CCC(C)(C)CC3(C)O2)N(SI)SI)c1OC(=O)OC(C)(C)C. The van der Waals surface area contributed by atoms with Crippen LogP contribution in [0.1, 0.15) is 71.9 Å². The summed E-state index contributed by atoms with van der Waals surface area (Å²) < 4.78 is 26.6. The fourth-order valence-corrected chi connectivity index (χ4v) is 11.5. The number of fused-ring (bicyclic) bond motifs is 1. The third kappa shape index (κ3) is 7.34. The molecule has 0 bridgehead atoms. The number of hydrogen-bond donors (Lipinski definition) is 0. The van der Waals surface area contributed by atoms with Crippen LogP contribution in [-0.2, 0) is 20.5 Å². The molecule has 0 aromatic heterocycles. The van der Waals surface area contributed by atoms with E-state index in [1.807, 2.05) is 45.9 Å². The molecule has 2 aliphatic rings. The molecule has 0 N–H and O–H groups in total. The van der Waals surface area contributed by atoms with Crippen molar-refractivity contribution in [2.75, 3.05) is 0 Å². The van der Waals surface area contributed by atoms with Gasteiger partial charge in [-0.2, -0.15) is 3.71 Å². The zero-order valence-electron chi connectivity index (χ0n) is 20.9. The average molecular weight is 733 g/mol. The second kappa shape index (κ2) is 11.5. The quantitative estimate of drug-likeness (QED) is 0.0922. The first-order valence-electron chi connectivity index (χ1n) is 11.5. The van der Waals surface area contributed by atoms with Crippen molar-refractivity contribution in [3.8, 4) is 5.75 Å². The van der Waals surface area contributed by atoms with Crippen molar-refractivity contribution in [1.29, 1.82) is 0 Å². The smallest absolute Gasteiger partial charge is 0.428 e. The number of para-hydroxylation sites is 1. The topological polar surface area (TPSA) is 57.2 Å². The number of hydrogen-bond acceptors (Lipinski definition) is 8. The van der Waals surface area contributed by atoms with Gasteiger partial charge in [-0.15, -0.1) is 0 Å². The second-order valence-electron chi connectivity index (χ2n) is 11.1. The third-order valence-corrected chi connectivity index (χ3v) is 11.7. The van der Waals surface area contributed by atoms with Crippen LogP contribution in [0.15, 0.2) is 18.2 Å². The lowest BCUT2D eigenvalue weighted by Gasteiger charge is -2.43. The summed E-state index contributed by atoms with van der Waals surface area (Å²) in [7, 11) is 2.84. The van der Waals surface area contributed by atoms with Crippen LogP contribution in [-0.4, -0.2) is 40.2 Å². The van der Waals surface area contributed by atoms with Crippen molar-refractivity contribution >= 4 is 73.9 Å². The van der Waals surface area contributed by atoms with Crippen LogP contribution in [0.25, 0.3) is 0 Å². The number of benzene rings is 1. The largest absolute Gasteiger partial charge is 0.514 e. The van der Waals surface area contributed by atoms with Gasteiger partial charge in [-0.1, -0.05) is 32.0 Å². The first-order chi connectivity index (χ1) is 15.8. The Bertz CT molecular complexity index is 883. The summed E-state index contributed by atoms with van der Waals surface area (Å²) in [6.07, 6.45) is 3.09. The Morgan fingerprint density at radius 1 is 1.29 bits per heavy atom. The number of ether oxygens (including phenoxy) is 2. The van der Waals surface area contributed by atoms with Crippen molar-refractivity contribution in [1.82, 2.24) is 3.71 Å². The van der Waals surface area contributed by atoms with Gasteiger partial charge in [0.05, 0.1) is 17.6 Å². The molecule has 3 unspecified atom stereocenters. The average Bonchev–Trinajstić information content (AvgIpc) is 3.04. The molecule has 190 valence electrons. The number of aryl methyl sites for hydroxylation is 1. The van der Waals surface area contributed by atoms with E-state index in [1.54, 1.807) is 18.2 Å². The highest BCUT2D eigenvalue weighted by Crippen LogP contribution is 2.49. The van der Waals surface area contributed by atoms with Crippen LogP contribution < -0.4 is 4.74 Å². The van der Waals surface area contributed by atoms with Gasteiger partial charge in [0.25, 0.3) is 0 Å². The molecule has 0 amide bonds. The van der Waals surface area contributed by atoms with E-state index >= 15 is 0 Å². The molecule has 1 saturated carbocycles. The minimum atomic E-state index is -0.697. The molecule has 3 atom stereocenters. The van der Waals surface area contributed by atoms with Gasteiger partial charge in [0.1, 0.15) is 11.4 Å². The molecule has 1 aliphatic heterocycles. The summed E-state index contributed by atoms with van der Waals surface area (Å²) in [5.41, 5.74) is 1.11. The van der Waals surface area contributed by atoms with Crippen LogP contribution in [0, 0.1) is 12.3 Å². The maximum Gasteiger partial charge on any atom is 0.514 e. The van der Waals surface area contributed by atoms with E-state index in [1.165, 1.54) is 0 Å². The molecule has 1 aliphatic carbocycles.